The fourth-order valence-electron chi connectivity index (χ4n) is 2.11. The van der Waals surface area contributed by atoms with Crippen molar-refractivity contribution in [3.8, 4) is 0 Å². The number of amides is 1. The Bertz CT molecular complexity index is 519. The monoisotopic (exact) mass is 300 g/mol. The Morgan fingerprint density at radius 2 is 2.40 bits per heavy atom. The van der Waals surface area contributed by atoms with Gasteiger partial charge < -0.3 is 20.5 Å². The molecule has 1 aliphatic rings. The largest absolute Gasteiger partial charge is 0.393 e. The van der Waals surface area contributed by atoms with Gasteiger partial charge in [-0.2, -0.15) is 0 Å². The summed E-state index contributed by atoms with van der Waals surface area (Å²) < 4.78 is 0. The first-order chi connectivity index (χ1) is 9.47. The summed E-state index contributed by atoms with van der Waals surface area (Å²) >= 11 is 1.49. The molecule has 1 aromatic rings. The van der Waals surface area contributed by atoms with Gasteiger partial charge in [-0.3, -0.25) is 4.79 Å². The quantitative estimate of drug-likeness (QED) is 0.526. The minimum Gasteiger partial charge on any atom is -0.393 e. The minimum atomic E-state index is -0.835. The molecule has 2 unspecified atom stereocenters. The number of nitrogens with zero attached hydrogens (tertiary/aromatic N) is 2. The number of rotatable bonds is 5. The Hall–Kier alpha value is -1.61. The number of hydrogen-bond donors (Lipinski definition) is 3. The second-order valence-corrected chi connectivity index (χ2v) is 5.93. The zero-order valence-electron chi connectivity index (χ0n) is 11.0. The van der Waals surface area contributed by atoms with Crippen LogP contribution in [0.5, 0.6) is 0 Å². The molecule has 1 aromatic heterocycles. The van der Waals surface area contributed by atoms with Gasteiger partial charge in [0.05, 0.1) is 11.4 Å². The fraction of sp³-hybridized carbons (Fsp3) is 0.636. The van der Waals surface area contributed by atoms with Gasteiger partial charge in [0.25, 0.3) is 0 Å². The Balaban J connectivity index is 1.99. The van der Waals surface area contributed by atoms with Crippen molar-refractivity contribution in [2.45, 2.75) is 31.1 Å². The smallest absolute Gasteiger partial charge is 0.343 e. The molecule has 9 heteroatoms. The van der Waals surface area contributed by atoms with Crippen molar-refractivity contribution in [2.75, 3.05) is 12.3 Å². The van der Waals surface area contributed by atoms with E-state index in [2.05, 4.69) is 15.3 Å². The summed E-state index contributed by atoms with van der Waals surface area (Å²) in [5.74, 6) is 0.962. The molecule has 0 saturated carbocycles. The summed E-state index contributed by atoms with van der Waals surface area (Å²) in [4.78, 5) is 28.5. The zero-order chi connectivity index (χ0) is 14.7. The third kappa shape index (κ3) is 3.48. The van der Waals surface area contributed by atoms with E-state index >= 15 is 0 Å². The SMILES string of the molecule is Cc1nc(CC(O)CC2SCCNC2=O)c([N+](=O)[O-])[nH]1. The van der Waals surface area contributed by atoms with Crippen molar-refractivity contribution in [3.05, 3.63) is 21.6 Å². The van der Waals surface area contributed by atoms with E-state index in [-0.39, 0.29) is 35.5 Å². The Kier molecular flexibility index (Phi) is 4.61. The number of nitro groups is 1. The maximum Gasteiger partial charge on any atom is 0.343 e. The number of nitrogens with one attached hydrogen (secondary N) is 2. The number of aryl methyl sites for hydroxylation is 1. The molecule has 0 spiro atoms. The number of aromatic nitrogens is 2. The van der Waals surface area contributed by atoms with E-state index in [1.165, 1.54) is 11.8 Å². The van der Waals surface area contributed by atoms with Crippen molar-refractivity contribution in [2.24, 2.45) is 0 Å². The van der Waals surface area contributed by atoms with Crippen molar-refractivity contribution in [1.82, 2.24) is 15.3 Å². The molecule has 20 heavy (non-hydrogen) atoms. The number of aromatic amines is 1. The Morgan fingerprint density at radius 1 is 1.65 bits per heavy atom. The first-order valence-corrected chi connectivity index (χ1v) is 7.29. The van der Waals surface area contributed by atoms with Crippen LogP contribution in [-0.4, -0.2) is 49.6 Å². The molecule has 2 rings (SSSR count). The molecule has 0 aliphatic carbocycles. The van der Waals surface area contributed by atoms with Crippen molar-refractivity contribution in [1.29, 1.82) is 0 Å². The number of H-pyrrole nitrogens is 1. The molecule has 8 nitrogen and oxygen atoms in total. The molecule has 2 atom stereocenters. The highest BCUT2D eigenvalue weighted by atomic mass is 32.2. The average molecular weight is 300 g/mol. The van der Waals surface area contributed by atoms with Crippen molar-refractivity contribution in [3.63, 3.8) is 0 Å². The van der Waals surface area contributed by atoms with Gasteiger partial charge in [0, 0.05) is 25.6 Å². The summed E-state index contributed by atoms with van der Waals surface area (Å²) in [6.07, 6.45) is -0.511. The van der Waals surface area contributed by atoms with E-state index < -0.39 is 11.0 Å². The predicted molar refractivity (Wildman–Crippen MR) is 73.6 cm³/mol. The molecule has 0 aromatic carbocycles. The Labute approximate surface area is 119 Å². The van der Waals surface area contributed by atoms with Crippen LogP contribution in [0.1, 0.15) is 17.9 Å². The van der Waals surface area contributed by atoms with Crippen LogP contribution in [0.2, 0.25) is 0 Å². The van der Waals surface area contributed by atoms with Crippen molar-refractivity contribution < 1.29 is 14.8 Å². The number of aliphatic hydroxyl groups is 1. The van der Waals surface area contributed by atoms with E-state index in [1.54, 1.807) is 6.92 Å². The van der Waals surface area contributed by atoms with Crippen LogP contribution in [0.4, 0.5) is 5.82 Å². The molecule has 1 amide bonds. The summed E-state index contributed by atoms with van der Waals surface area (Å²) in [5.41, 5.74) is 0.223. The lowest BCUT2D eigenvalue weighted by molar-refractivity contribution is -0.390. The van der Waals surface area contributed by atoms with E-state index in [4.69, 9.17) is 0 Å². The van der Waals surface area contributed by atoms with Crippen LogP contribution >= 0.6 is 11.8 Å². The van der Waals surface area contributed by atoms with Crippen LogP contribution in [0.3, 0.4) is 0 Å². The van der Waals surface area contributed by atoms with Gasteiger partial charge in [0.2, 0.25) is 5.91 Å². The van der Waals surface area contributed by atoms with Crippen LogP contribution in [-0.2, 0) is 11.2 Å². The molecule has 1 fully saturated rings. The standard InChI is InChI=1S/C11H16N4O4S/c1-6-13-8(10(14-6)15(18)19)4-7(16)5-9-11(17)12-2-3-20-9/h7,9,16H,2-5H2,1H3,(H,12,17)(H,13,14). The van der Waals surface area contributed by atoms with Gasteiger partial charge in [-0.15, -0.1) is 11.8 Å². The molecule has 0 radical (unpaired) electrons. The van der Waals surface area contributed by atoms with Crippen LogP contribution in [0.25, 0.3) is 0 Å². The predicted octanol–water partition coefficient (Wildman–Crippen LogP) is 0.151. The number of aliphatic hydroxyl groups excluding tert-OH is 1. The maximum atomic E-state index is 11.6. The number of carbonyl (C=O) groups is 1. The number of carbonyl (C=O) groups excluding carboxylic acids is 1. The highest BCUT2D eigenvalue weighted by molar-refractivity contribution is 8.00. The third-order valence-corrected chi connectivity index (χ3v) is 4.23. The molecule has 1 aliphatic heterocycles. The van der Waals surface area contributed by atoms with E-state index in [9.17, 15) is 20.0 Å². The summed E-state index contributed by atoms with van der Waals surface area (Å²) in [7, 11) is 0. The van der Waals surface area contributed by atoms with E-state index in [0.717, 1.165) is 5.75 Å². The first kappa shape index (κ1) is 14.8. The Morgan fingerprint density at radius 3 is 3.05 bits per heavy atom. The van der Waals surface area contributed by atoms with Crippen LogP contribution in [0, 0.1) is 17.0 Å². The lowest BCUT2D eigenvalue weighted by atomic mass is 10.1. The second-order valence-electron chi connectivity index (χ2n) is 4.62. The van der Waals surface area contributed by atoms with Gasteiger partial charge in [-0.05, 0) is 11.3 Å². The molecule has 2 heterocycles. The maximum absolute atomic E-state index is 11.6. The summed E-state index contributed by atoms with van der Waals surface area (Å²) in [6.45, 7) is 2.26. The van der Waals surface area contributed by atoms with Gasteiger partial charge in [-0.1, -0.05) is 0 Å². The lowest BCUT2D eigenvalue weighted by Crippen LogP contribution is -2.41. The highest BCUT2D eigenvalue weighted by Crippen LogP contribution is 2.23. The minimum absolute atomic E-state index is 0.0605. The van der Waals surface area contributed by atoms with Gasteiger partial charge in [-0.25, -0.2) is 9.97 Å². The summed E-state index contributed by atoms with van der Waals surface area (Å²) in [6, 6.07) is 0. The molecular weight excluding hydrogens is 284 g/mol. The number of imidazole rings is 1. The van der Waals surface area contributed by atoms with Gasteiger partial charge >= 0.3 is 5.82 Å². The van der Waals surface area contributed by atoms with Gasteiger partial charge in [0.15, 0.2) is 5.82 Å². The third-order valence-electron chi connectivity index (χ3n) is 2.99. The average Bonchev–Trinajstić information content (AvgIpc) is 2.73. The topological polar surface area (TPSA) is 121 Å². The van der Waals surface area contributed by atoms with Gasteiger partial charge in [0.1, 0.15) is 5.69 Å². The van der Waals surface area contributed by atoms with E-state index in [1.807, 2.05) is 0 Å². The highest BCUT2D eigenvalue weighted by Gasteiger charge is 2.27. The molecular formula is C11H16N4O4S. The van der Waals surface area contributed by atoms with Crippen molar-refractivity contribution >= 4 is 23.5 Å². The fourth-order valence-corrected chi connectivity index (χ4v) is 3.21. The second kappa shape index (κ2) is 6.23. The van der Waals surface area contributed by atoms with Crippen LogP contribution < -0.4 is 5.32 Å². The normalized spacial score (nSPS) is 20.5. The zero-order valence-corrected chi connectivity index (χ0v) is 11.8. The molecule has 110 valence electrons. The lowest BCUT2D eigenvalue weighted by Gasteiger charge is -2.23. The number of thioether (sulfide) groups is 1. The number of hydrogen-bond acceptors (Lipinski definition) is 6. The van der Waals surface area contributed by atoms with E-state index in [0.29, 0.717) is 12.4 Å². The molecule has 0 bridgehead atoms. The van der Waals surface area contributed by atoms with Crippen LogP contribution in [0.15, 0.2) is 0 Å². The molecule has 1 saturated heterocycles. The summed E-state index contributed by atoms with van der Waals surface area (Å²) in [5, 5.41) is 23.3. The molecule has 3 N–H and O–H groups in total. The first-order valence-electron chi connectivity index (χ1n) is 6.24.